The van der Waals surface area contributed by atoms with Crippen LogP contribution in [0.5, 0.6) is 0 Å². The summed E-state index contributed by atoms with van der Waals surface area (Å²) in [7, 11) is 0. The molecule has 108 valence electrons. The van der Waals surface area contributed by atoms with E-state index in [2.05, 4.69) is 35.2 Å². The lowest BCUT2D eigenvalue weighted by molar-refractivity contribution is 0.102. The molecule has 0 unspecified atom stereocenters. The van der Waals surface area contributed by atoms with Crippen LogP contribution in [0.3, 0.4) is 0 Å². The molecule has 8 nitrogen and oxygen atoms in total. The Hall–Kier alpha value is -2.94. The number of nitrogens with zero attached hydrogens (tertiary/aromatic N) is 6. The van der Waals surface area contributed by atoms with Gasteiger partial charge in [-0.1, -0.05) is 0 Å². The van der Waals surface area contributed by atoms with E-state index in [9.17, 15) is 4.79 Å². The molecule has 1 N–H and O–H groups in total. The topological polar surface area (TPSA) is 106 Å². The van der Waals surface area contributed by atoms with E-state index in [-0.39, 0.29) is 5.69 Å². The van der Waals surface area contributed by atoms with Gasteiger partial charge >= 0.3 is 0 Å². The summed E-state index contributed by atoms with van der Waals surface area (Å²) in [6, 6.07) is 0. The first-order chi connectivity index (χ1) is 10.8. The summed E-state index contributed by atoms with van der Waals surface area (Å²) >= 11 is 1.27. The summed E-state index contributed by atoms with van der Waals surface area (Å²) in [5, 5.41) is 3.82. The van der Waals surface area contributed by atoms with Gasteiger partial charge in [0, 0.05) is 24.8 Å². The lowest BCUT2D eigenvalue weighted by Crippen LogP contribution is -2.15. The maximum atomic E-state index is 12.1. The molecule has 0 aromatic carbocycles. The van der Waals surface area contributed by atoms with Crippen molar-refractivity contribution in [1.82, 2.24) is 29.9 Å². The summed E-state index contributed by atoms with van der Waals surface area (Å²) in [6.45, 7) is 0. The van der Waals surface area contributed by atoms with E-state index in [1.807, 2.05) is 0 Å². The predicted octanol–water partition coefficient (Wildman–Crippen LogP) is 1.46. The molecular weight excluding hydrogens is 302 g/mol. The highest BCUT2D eigenvalue weighted by Crippen LogP contribution is 2.22. The number of carbonyl (C=O) groups excluding carboxylic acids is 1. The highest BCUT2D eigenvalue weighted by atomic mass is 32.2. The second-order valence-corrected chi connectivity index (χ2v) is 4.97. The monoisotopic (exact) mass is 311 g/mol. The van der Waals surface area contributed by atoms with Crippen molar-refractivity contribution in [3.63, 3.8) is 0 Å². The fourth-order valence-corrected chi connectivity index (χ4v) is 2.19. The molecule has 3 aromatic heterocycles. The van der Waals surface area contributed by atoms with Gasteiger partial charge in [0.15, 0.2) is 5.82 Å². The molecule has 0 radical (unpaired) electrons. The van der Waals surface area contributed by atoms with Gasteiger partial charge in [-0.3, -0.25) is 19.7 Å². The lowest BCUT2D eigenvalue weighted by Gasteiger charge is -2.04. The average molecular weight is 311 g/mol. The Morgan fingerprint density at radius 1 is 0.864 bits per heavy atom. The van der Waals surface area contributed by atoms with E-state index in [0.29, 0.717) is 15.9 Å². The van der Waals surface area contributed by atoms with Crippen LogP contribution in [0.2, 0.25) is 0 Å². The highest BCUT2D eigenvalue weighted by Gasteiger charge is 2.11. The number of hydrogen-bond acceptors (Lipinski definition) is 8. The Labute approximate surface area is 129 Å². The van der Waals surface area contributed by atoms with Gasteiger partial charge in [-0.05, 0) is 11.8 Å². The van der Waals surface area contributed by atoms with Gasteiger partial charge in [0.05, 0.1) is 24.8 Å². The summed E-state index contributed by atoms with van der Waals surface area (Å²) in [5.41, 5.74) is 0.180. The molecule has 0 saturated heterocycles. The minimum atomic E-state index is -0.408. The van der Waals surface area contributed by atoms with Crippen LogP contribution >= 0.6 is 11.8 Å². The molecular formula is C13H9N7OS. The zero-order valence-corrected chi connectivity index (χ0v) is 11.9. The van der Waals surface area contributed by atoms with Crippen LogP contribution in [0, 0.1) is 0 Å². The van der Waals surface area contributed by atoms with Crippen LogP contribution in [0.1, 0.15) is 10.5 Å². The van der Waals surface area contributed by atoms with Gasteiger partial charge in [-0.2, -0.15) is 0 Å². The Bertz CT molecular complexity index is 770. The van der Waals surface area contributed by atoms with E-state index >= 15 is 0 Å². The van der Waals surface area contributed by atoms with Crippen molar-refractivity contribution in [1.29, 1.82) is 0 Å². The average Bonchev–Trinajstić information content (AvgIpc) is 2.57. The first kappa shape index (κ1) is 14.0. The number of carbonyl (C=O) groups is 1. The van der Waals surface area contributed by atoms with Crippen LogP contribution in [0.25, 0.3) is 0 Å². The summed E-state index contributed by atoms with van der Waals surface area (Å²) in [4.78, 5) is 36.3. The molecule has 3 aromatic rings. The minimum absolute atomic E-state index is 0.180. The largest absolute Gasteiger partial charge is 0.304 e. The van der Waals surface area contributed by atoms with Gasteiger partial charge in [0.25, 0.3) is 5.91 Å². The van der Waals surface area contributed by atoms with Gasteiger partial charge in [-0.25, -0.2) is 15.0 Å². The Morgan fingerprint density at radius 3 is 2.36 bits per heavy atom. The Balaban J connectivity index is 1.75. The number of rotatable bonds is 4. The fourth-order valence-electron chi connectivity index (χ4n) is 1.50. The number of nitrogens with one attached hydrogen (secondary N) is 1. The number of aromatic nitrogens is 6. The standard InChI is InChI=1S/C13H9N7OS/c21-13(20-10-6-14-1-3-17-10)9-5-16-8-12(19-9)22-11-7-15-2-4-18-11/h1-8H,(H,17,20,21). The number of hydrogen-bond donors (Lipinski definition) is 1. The molecule has 0 fully saturated rings. The molecule has 22 heavy (non-hydrogen) atoms. The van der Waals surface area contributed by atoms with Crippen molar-refractivity contribution in [2.45, 2.75) is 10.1 Å². The molecule has 0 spiro atoms. The first-order valence-electron chi connectivity index (χ1n) is 6.14. The smallest absolute Gasteiger partial charge is 0.277 e. The number of anilines is 1. The van der Waals surface area contributed by atoms with Crippen LogP contribution in [0.4, 0.5) is 5.82 Å². The van der Waals surface area contributed by atoms with Crippen molar-refractivity contribution >= 4 is 23.5 Å². The lowest BCUT2D eigenvalue weighted by atomic mass is 10.4. The van der Waals surface area contributed by atoms with Crippen LogP contribution in [0.15, 0.2) is 59.6 Å². The zero-order chi connectivity index (χ0) is 15.2. The molecule has 1 amide bonds. The third-order valence-corrected chi connectivity index (χ3v) is 3.22. The minimum Gasteiger partial charge on any atom is -0.304 e. The predicted molar refractivity (Wildman–Crippen MR) is 78.2 cm³/mol. The van der Waals surface area contributed by atoms with E-state index in [1.54, 1.807) is 24.8 Å². The van der Waals surface area contributed by atoms with Crippen molar-refractivity contribution in [3.05, 3.63) is 55.3 Å². The fraction of sp³-hybridized carbons (Fsp3) is 0. The van der Waals surface area contributed by atoms with Crippen LogP contribution in [-0.2, 0) is 0 Å². The van der Waals surface area contributed by atoms with Crippen molar-refractivity contribution in [2.24, 2.45) is 0 Å². The van der Waals surface area contributed by atoms with Gasteiger partial charge < -0.3 is 5.32 Å². The highest BCUT2D eigenvalue weighted by molar-refractivity contribution is 7.99. The second kappa shape index (κ2) is 6.68. The van der Waals surface area contributed by atoms with Crippen molar-refractivity contribution in [3.8, 4) is 0 Å². The van der Waals surface area contributed by atoms with Crippen molar-refractivity contribution in [2.75, 3.05) is 5.32 Å². The van der Waals surface area contributed by atoms with Gasteiger partial charge in [-0.15, -0.1) is 0 Å². The molecule has 0 saturated carbocycles. The van der Waals surface area contributed by atoms with E-state index < -0.39 is 5.91 Å². The molecule has 0 aliphatic heterocycles. The first-order valence-corrected chi connectivity index (χ1v) is 6.96. The second-order valence-electron chi connectivity index (χ2n) is 3.93. The molecule has 0 atom stereocenters. The van der Waals surface area contributed by atoms with E-state index in [4.69, 9.17) is 0 Å². The Morgan fingerprint density at radius 2 is 1.64 bits per heavy atom. The summed E-state index contributed by atoms with van der Waals surface area (Å²) in [5.74, 6) is -0.0594. The Kier molecular flexibility index (Phi) is 4.25. The van der Waals surface area contributed by atoms with E-state index in [0.717, 1.165) is 0 Å². The normalized spacial score (nSPS) is 10.2. The third-order valence-electron chi connectivity index (χ3n) is 2.40. The van der Waals surface area contributed by atoms with E-state index in [1.165, 1.54) is 36.5 Å². The molecule has 0 aliphatic carbocycles. The van der Waals surface area contributed by atoms with Crippen LogP contribution in [-0.4, -0.2) is 35.8 Å². The van der Waals surface area contributed by atoms with Crippen LogP contribution < -0.4 is 5.32 Å². The molecule has 0 bridgehead atoms. The van der Waals surface area contributed by atoms with Gasteiger partial charge in [0.2, 0.25) is 0 Å². The number of amides is 1. The summed E-state index contributed by atoms with van der Waals surface area (Å²) in [6.07, 6.45) is 12.2. The zero-order valence-electron chi connectivity index (χ0n) is 11.1. The van der Waals surface area contributed by atoms with Crippen molar-refractivity contribution < 1.29 is 4.79 Å². The molecule has 3 heterocycles. The molecule has 9 heteroatoms. The third kappa shape index (κ3) is 3.58. The SMILES string of the molecule is O=C(Nc1cnccn1)c1cncc(Sc2cnccn2)n1. The molecule has 0 aliphatic rings. The quantitative estimate of drug-likeness (QED) is 0.771. The maximum Gasteiger partial charge on any atom is 0.277 e. The van der Waals surface area contributed by atoms with Gasteiger partial charge in [0.1, 0.15) is 15.7 Å². The maximum absolute atomic E-state index is 12.1. The summed E-state index contributed by atoms with van der Waals surface area (Å²) < 4.78 is 0. The molecule has 3 rings (SSSR count).